The molecule has 0 aliphatic heterocycles. The van der Waals surface area contributed by atoms with Gasteiger partial charge in [0, 0.05) is 11.8 Å². The van der Waals surface area contributed by atoms with Gasteiger partial charge in [0.25, 0.3) is 5.22 Å². The maximum absolute atomic E-state index is 5.22. The molecule has 0 bridgehead atoms. The number of rotatable bonds is 6. The normalized spacial score (nSPS) is 11.1. The molecule has 0 radical (unpaired) electrons. The van der Waals surface area contributed by atoms with Gasteiger partial charge in [-0.15, -0.1) is 0 Å². The van der Waals surface area contributed by atoms with Gasteiger partial charge in [0.1, 0.15) is 6.26 Å². The zero-order valence-corrected chi connectivity index (χ0v) is 9.86. The van der Waals surface area contributed by atoms with E-state index in [9.17, 15) is 0 Å². The fourth-order valence-electron chi connectivity index (χ4n) is 1.02. The number of aromatic nitrogens is 1. The van der Waals surface area contributed by atoms with Crippen molar-refractivity contribution in [2.75, 3.05) is 12.3 Å². The molecular weight excluding hydrogens is 196 g/mol. The standard InChI is InChI=1S/C10H18N2OS/c1-8(2)11-5-4-6-14-10-12-9(3)7-13-10/h7-8,11H,4-6H2,1-3H3. The van der Waals surface area contributed by atoms with Gasteiger partial charge >= 0.3 is 0 Å². The summed E-state index contributed by atoms with van der Waals surface area (Å²) >= 11 is 1.68. The first kappa shape index (κ1) is 11.6. The Morgan fingerprint density at radius 1 is 1.57 bits per heavy atom. The first-order valence-electron chi connectivity index (χ1n) is 4.97. The third kappa shape index (κ3) is 4.67. The summed E-state index contributed by atoms with van der Waals surface area (Å²) in [5.41, 5.74) is 0.952. The lowest BCUT2D eigenvalue weighted by atomic mass is 10.4. The Bertz CT molecular complexity index is 260. The average Bonchev–Trinajstić information content (AvgIpc) is 2.50. The number of thioether (sulfide) groups is 1. The van der Waals surface area contributed by atoms with Crippen LogP contribution in [0.3, 0.4) is 0 Å². The van der Waals surface area contributed by atoms with Gasteiger partial charge in [0.15, 0.2) is 0 Å². The Morgan fingerprint density at radius 2 is 2.36 bits per heavy atom. The number of aryl methyl sites for hydroxylation is 1. The van der Waals surface area contributed by atoms with Crippen molar-refractivity contribution >= 4 is 11.8 Å². The van der Waals surface area contributed by atoms with Crippen LogP contribution in [0.1, 0.15) is 26.0 Å². The zero-order valence-electron chi connectivity index (χ0n) is 9.04. The number of nitrogens with zero attached hydrogens (tertiary/aromatic N) is 1. The molecule has 0 amide bonds. The van der Waals surface area contributed by atoms with Crippen molar-refractivity contribution in [1.82, 2.24) is 10.3 Å². The van der Waals surface area contributed by atoms with Crippen LogP contribution in [0.5, 0.6) is 0 Å². The highest BCUT2D eigenvalue weighted by atomic mass is 32.2. The average molecular weight is 214 g/mol. The van der Waals surface area contributed by atoms with Crippen LogP contribution in [0.2, 0.25) is 0 Å². The highest BCUT2D eigenvalue weighted by molar-refractivity contribution is 7.99. The van der Waals surface area contributed by atoms with Crippen LogP contribution in [-0.4, -0.2) is 23.3 Å². The minimum Gasteiger partial charge on any atom is -0.440 e. The highest BCUT2D eigenvalue weighted by Gasteiger charge is 2.00. The summed E-state index contributed by atoms with van der Waals surface area (Å²) < 4.78 is 5.22. The Labute approximate surface area is 89.7 Å². The first-order chi connectivity index (χ1) is 6.68. The molecule has 4 heteroatoms. The molecule has 0 fully saturated rings. The molecule has 3 nitrogen and oxygen atoms in total. The Hall–Kier alpha value is -0.480. The monoisotopic (exact) mass is 214 g/mol. The van der Waals surface area contributed by atoms with Gasteiger partial charge in [-0.3, -0.25) is 0 Å². The van der Waals surface area contributed by atoms with E-state index in [-0.39, 0.29) is 0 Å². The predicted octanol–water partition coefficient (Wildman–Crippen LogP) is 2.46. The minimum absolute atomic E-state index is 0.573. The first-order valence-corrected chi connectivity index (χ1v) is 5.95. The topological polar surface area (TPSA) is 38.1 Å². The van der Waals surface area contributed by atoms with Crippen LogP contribution >= 0.6 is 11.8 Å². The lowest BCUT2D eigenvalue weighted by Gasteiger charge is -2.06. The fraction of sp³-hybridized carbons (Fsp3) is 0.700. The maximum atomic E-state index is 5.22. The number of hydrogen-bond acceptors (Lipinski definition) is 4. The Kier molecular flexibility index (Phi) is 5.04. The summed E-state index contributed by atoms with van der Waals surface area (Å²) in [6, 6.07) is 0.573. The van der Waals surface area contributed by atoms with Crippen molar-refractivity contribution in [1.29, 1.82) is 0 Å². The molecule has 1 N–H and O–H groups in total. The molecule has 80 valence electrons. The fourth-order valence-corrected chi connectivity index (χ4v) is 1.81. The largest absolute Gasteiger partial charge is 0.440 e. The van der Waals surface area contributed by atoms with Crippen LogP contribution in [0.25, 0.3) is 0 Å². The molecule has 1 aromatic rings. The van der Waals surface area contributed by atoms with E-state index >= 15 is 0 Å². The third-order valence-electron chi connectivity index (χ3n) is 1.70. The molecule has 14 heavy (non-hydrogen) atoms. The van der Waals surface area contributed by atoms with E-state index in [1.807, 2.05) is 6.92 Å². The van der Waals surface area contributed by atoms with E-state index in [1.165, 1.54) is 0 Å². The molecule has 0 atom stereocenters. The molecule has 0 unspecified atom stereocenters. The van der Waals surface area contributed by atoms with Crippen LogP contribution in [0.4, 0.5) is 0 Å². The zero-order chi connectivity index (χ0) is 10.4. The van der Waals surface area contributed by atoms with E-state index in [0.717, 1.165) is 29.6 Å². The maximum Gasteiger partial charge on any atom is 0.255 e. The van der Waals surface area contributed by atoms with Gasteiger partial charge in [-0.1, -0.05) is 25.6 Å². The second-order valence-corrected chi connectivity index (χ2v) is 4.61. The van der Waals surface area contributed by atoms with Crippen LogP contribution < -0.4 is 5.32 Å². The van der Waals surface area contributed by atoms with E-state index in [2.05, 4.69) is 24.1 Å². The molecule has 0 aliphatic rings. The van der Waals surface area contributed by atoms with Crippen molar-refractivity contribution in [3.05, 3.63) is 12.0 Å². The van der Waals surface area contributed by atoms with Crippen molar-refractivity contribution in [2.45, 2.75) is 38.5 Å². The van der Waals surface area contributed by atoms with Crippen LogP contribution in [-0.2, 0) is 0 Å². The van der Waals surface area contributed by atoms with E-state index in [0.29, 0.717) is 6.04 Å². The molecule has 0 spiro atoms. The summed E-state index contributed by atoms with van der Waals surface area (Å²) in [7, 11) is 0. The molecule has 1 heterocycles. The van der Waals surface area contributed by atoms with E-state index < -0.39 is 0 Å². The van der Waals surface area contributed by atoms with Crippen molar-refractivity contribution in [3.8, 4) is 0 Å². The van der Waals surface area contributed by atoms with Gasteiger partial charge < -0.3 is 9.73 Å². The summed E-state index contributed by atoms with van der Waals surface area (Å²) in [6.45, 7) is 7.31. The van der Waals surface area contributed by atoms with E-state index in [1.54, 1.807) is 18.0 Å². The number of nitrogens with one attached hydrogen (secondary N) is 1. The van der Waals surface area contributed by atoms with Crippen LogP contribution in [0, 0.1) is 6.92 Å². The van der Waals surface area contributed by atoms with E-state index in [4.69, 9.17) is 4.42 Å². The molecule has 0 aliphatic carbocycles. The Balaban J connectivity index is 2.04. The van der Waals surface area contributed by atoms with Gasteiger partial charge in [0.05, 0.1) is 5.69 Å². The molecule has 1 aromatic heterocycles. The number of oxazole rings is 1. The van der Waals surface area contributed by atoms with Crippen molar-refractivity contribution in [3.63, 3.8) is 0 Å². The molecule has 0 saturated carbocycles. The molecular formula is C10H18N2OS. The van der Waals surface area contributed by atoms with Crippen LogP contribution in [0.15, 0.2) is 15.9 Å². The quantitative estimate of drug-likeness (QED) is 0.583. The number of hydrogen-bond donors (Lipinski definition) is 1. The summed E-state index contributed by atoms with van der Waals surface area (Å²) in [6.07, 6.45) is 2.83. The molecule has 0 saturated heterocycles. The predicted molar refractivity (Wildman–Crippen MR) is 59.7 cm³/mol. The summed E-state index contributed by atoms with van der Waals surface area (Å²) in [5, 5.41) is 4.16. The van der Waals surface area contributed by atoms with Gasteiger partial charge in [-0.2, -0.15) is 0 Å². The highest BCUT2D eigenvalue weighted by Crippen LogP contribution is 2.16. The second-order valence-electron chi connectivity index (χ2n) is 3.57. The lowest BCUT2D eigenvalue weighted by Crippen LogP contribution is -2.23. The summed E-state index contributed by atoms with van der Waals surface area (Å²) in [5.74, 6) is 1.06. The smallest absolute Gasteiger partial charge is 0.255 e. The van der Waals surface area contributed by atoms with Gasteiger partial charge in [-0.05, 0) is 19.9 Å². The summed E-state index contributed by atoms with van der Waals surface area (Å²) in [4.78, 5) is 4.22. The Morgan fingerprint density at radius 3 is 2.93 bits per heavy atom. The van der Waals surface area contributed by atoms with Gasteiger partial charge in [-0.25, -0.2) is 4.98 Å². The molecule has 1 rings (SSSR count). The SMILES string of the molecule is Cc1coc(SCCCNC(C)C)n1. The van der Waals surface area contributed by atoms with Gasteiger partial charge in [0.2, 0.25) is 0 Å². The lowest BCUT2D eigenvalue weighted by molar-refractivity contribution is 0.454. The second kappa shape index (κ2) is 6.09. The molecule has 0 aromatic carbocycles. The minimum atomic E-state index is 0.573. The third-order valence-corrected chi connectivity index (χ3v) is 2.62. The van der Waals surface area contributed by atoms with Crippen molar-refractivity contribution < 1.29 is 4.42 Å². The van der Waals surface area contributed by atoms with Crippen molar-refractivity contribution in [2.24, 2.45) is 0 Å².